The number of hydrogen-bond acceptors (Lipinski definition) is 4. The van der Waals surface area contributed by atoms with Gasteiger partial charge in [0.15, 0.2) is 0 Å². The van der Waals surface area contributed by atoms with Gasteiger partial charge in [-0.25, -0.2) is 8.42 Å². The predicted molar refractivity (Wildman–Crippen MR) is 120 cm³/mol. The first-order valence-electron chi connectivity index (χ1n) is 9.37. The lowest BCUT2D eigenvalue weighted by molar-refractivity contribution is 0.0758. The second kappa shape index (κ2) is 9.64. The number of anilines is 1. The summed E-state index contributed by atoms with van der Waals surface area (Å²) >= 11 is 18.0. The Morgan fingerprint density at radius 2 is 1.60 bits per heavy atom. The number of carbonyl (C=O) groups excluding carboxylic acids is 1. The molecule has 1 saturated heterocycles. The van der Waals surface area contributed by atoms with Crippen molar-refractivity contribution in [1.82, 2.24) is 4.90 Å². The van der Waals surface area contributed by atoms with Gasteiger partial charge < -0.3 is 9.64 Å². The average molecular weight is 492 g/mol. The molecular weight excluding hydrogens is 471 g/mol. The summed E-state index contributed by atoms with van der Waals surface area (Å²) in [6.07, 6.45) is 3.99. The lowest BCUT2D eigenvalue weighted by Gasteiger charge is -2.22. The Labute approximate surface area is 191 Å². The molecule has 0 unspecified atom stereocenters. The second-order valence-corrected chi connectivity index (χ2v) is 9.82. The minimum Gasteiger partial charge on any atom is -0.496 e. The minimum atomic E-state index is -4.05. The fourth-order valence-electron chi connectivity index (χ4n) is 3.27. The van der Waals surface area contributed by atoms with Crippen LogP contribution in [-0.2, 0) is 10.0 Å². The molecule has 0 saturated carbocycles. The summed E-state index contributed by atoms with van der Waals surface area (Å²) in [5.74, 6) is 0.0640. The van der Waals surface area contributed by atoms with Crippen molar-refractivity contribution >= 4 is 56.4 Å². The monoisotopic (exact) mass is 490 g/mol. The van der Waals surface area contributed by atoms with Gasteiger partial charge in [0.2, 0.25) is 0 Å². The van der Waals surface area contributed by atoms with Crippen LogP contribution in [0.15, 0.2) is 35.2 Å². The molecule has 162 valence electrons. The van der Waals surface area contributed by atoms with E-state index in [2.05, 4.69) is 4.72 Å². The van der Waals surface area contributed by atoms with Crippen LogP contribution in [0.5, 0.6) is 5.75 Å². The number of benzene rings is 2. The number of hydrogen-bond donors (Lipinski definition) is 1. The van der Waals surface area contributed by atoms with Crippen LogP contribution in [0.3, 0.4) is 0 Å². The summed E-state index contributed by atoms with van der Waals surface area (Å²) in [6.45, 7) is 1.27. The van der Waals surface area contributed by atoms with Crippen LogP contribution in [0.2, 0.25) is 15.1 Å². The van der Waals surface area contributed by atoms with Crippen molar-refractivity contribution in [2.24, 2.45) is 0 Å². The van der Waals surface area contributed by atoms with Crippen molar-refractivity contribution < 1.29 is 17.9 Å². The zero-order valence-corrected chi connectivity index (χ0v) is 19.3. The Morgan fingerprint density at radius 1 is 0.967 bits per heavy atom. The highest BCUT2D eigenvalue weighted by molar-refractivity contribution is 7.92. The quantitative estimate of drug-likeness (QED) is 0.563. The first kappa shape index (κ1) is 23.0. The van der Waals surface area contributed by atoms with Gasteiger partial charge in [0.1, 0.15) is 5.75 Å². The SMILES string of the molecule is COc1ccc(S(=O)(=O)Nc2cc(Cl)c(Cl)cc2Cl)cc1C(=O)N1CCCCCC1. The fourth-order valence-corrected chi connectivity index (χ4v) is 5.02. The predicted octanol–water partition coefficient (Wildman–Crippen LogP) is 5.47. The van der Waals surface area contributed by atoms with Crippen molar-refractivity contribution in [3.8, 4) is 5.75 Å². The van der Waals surface area contributed by atoms with Crippen LogP contribution in [0.1, 0.15) is 36.0 Å². The lowest BCUT2D eigenvalue weighted by Crippen LogP contribution is -2.32. The Morgan fingerprint density at radius 3 is 2.23 bits per heavy atom. The van der Waals surface area contributed by atoms with Crippen LogP contribution < -0.4 is 9.46 Å². The van der Waals surface area contributed by atoms with Crippen LogP contribution in [0, 0.1) is 0 Å². The molecule has 0 aliphatic carbocycles. The summed E-state index contributed by atoms with van der Waals surface area (Å²) < 4.78 is 33.6. The number of ether oxygens (including phenoxy) is 1. The van der Waals surface area contributed by atoms with Gasteiger partial charge in [-0.2, -0.15) is 0 Å². The molecule has 2 aromatic carbocycles. The smallest absolute Gasteiger partial charge is 0.261 e. The minimum absolute atomic E-state index is 0.0854. The number of halogens is 3. The third-order valence-corrected chi connectivity index (χ3v) is 7.26. The van der Waals surface area contributed by atoms with E-state index in [-0.39, 0.29) is 37.1 Å². The normalized spacial score (nSPS) is 14.9. The molecule has 1 aliphatic heterocycles. The maximum absolute atomic E-state index is 13.1. The van der Waals surface area contributed by atoms with Crippen LogP contribution in [0.4, 0.5) is 5.69 Å². The molecule has 1 fully saturated rings. The zero-order valence-electron chi connectivity index (χ0n) is 16.3. The first-order valence-corrected chi connectivity index (χ1v) is 12.0. The van der Waals surface area contributed by atoms with Gasteiger partial charge in [0.25, 0.3) is 15.9 Å². The van der Waals surface area contributed by atoms with Gasteiger partial charge in [-0.3, -0.25) is 9.52 Å². The Bertz CT molecular complexity index is 1050. The molecule has 1 amide bonds. The Balaban J connectivity index is 1.95. The van der Waals surface area contributed by atoms with Gasteiger partial charge in [0.05, 0.1) is 38.3 Å². The number of amides is 1. The number of rotatable bonds is 5. The van der Waals surface area contributed by atoms with Crippen LogP contribution >= 0.6 is 34.8 Å². The van der Waals surface area contributed by atoms with Crippen molar-refractivity contribution in [2.45, 2.75) is 30.6 Å². The van der Waals surface area contributed by atoms with Crippen LogP contribution in [-0.4, -0.2) is 39.4 Å². The van der Waals surface area contributed by atoms with Gasteiger partial charge in [-0.15, -0.1) is 0 Å². The fraction of sp³-hybridized carbons (Fsp3) is 0.350. The standard InChI is InChI=1S/C20H21Cl3N2O4S/c1-29-19-7-6-13(10-14(19)20(26)25-8-4-2-3-5-9-25)30(27,28)24-18-12-16(22)15(21)11-17(18)23/h6-7,10-12,24H,2-5,8-9H2,1H3. The highest BCUT2D eigenvalue weighted by atomic mass is 35.5. The molecule has 0 atom stereocenters. The summed E-state index contributed by atoms with van der Waals surface area (Å²) in [7, 11) is -2.61. The van der Waals surface area contributed by atoms with E-state index in [0.29, 0.717) is 18.8 Å². The van der Waals surface area contributed by atoms with Gasteiger partial charge in [-0.05, 0) is 43.2 Å². The highest BCUT2D eigenvalue weighted by Crippen LogP contribution is 2.34. The van der Waals surface area contributed by atoms with Gasteiger partial charge in [0, 0.05) is 13.1 Å². The maximum atomic E-state index is 13.1. The van der Waals surface area contributed by atoms with Crippen molar-refractivity contribution in [1.29, 1.82) is 0 Å². The Hall–Kier alpha value is -1.67. The van der Waals surface area contributed by atoms with E-state index < -0.39 is 10.0 Å². The van der Waals surface area contributed by atoms with E-state index in [4.69, 9.17) is 39.5 Å². The van der Waals surface area contributed by atoms with E-state index in [1.165, 1.54) is 37.4 Å². The number of nitrogens with zero attached hydrogens (tertiary/aromatic N) is 1. The lowest BCUT2D eigenvalue weighted by atomic mass is 10.1. The summed E-state index contributed by atoms with van der Waals surface area (Å²) in [5.41, 5.74) is 0.282. The number of carbonyl (C=O) groups is 1. The molecule has 2 aromatic rings. The largest absolute Gasteiger partial charge is 0.496 e. The number of likely N-dealkylation sites (tertiary alicyclic amines) is 1. The highest BCUT2D eigenvalue weighted by Gasteiger charge is 2.24. The van der Waals surface area contributed by atoms with Gasteiger partial charge >= 0.3 is 0 Å². The summed E-state index contributed by atoms with van der Waals surface area (Å²) in [5, 5.41) is 0.465. The number of nitrogens with one attached hydrogen (secondary N) is 1. The third-order valence-electron chi connectivity index (χ3n) is 4.86. The molecule has 1 heterocycles. The summed E-state index contributed by atoms with van der Waals surface area (Å²) in [6, 6.07) is 6.84. The van der Waals surface area contributed by atoms with Crippen molar-refractivity contribution in [2.75, 3.05) is 24.9 Å². The first-order chi connectivity index (χ1) is 14.2. The zero-order chi connectivity index (χ0) is 21.9. The van der Waals surface area contributed by atoms with E-state index in [0.717, 1.165) is 25.7 Å². The topological polar surface area (TPSA) is 75.7 Å². The summed E-state index contributed by atoms with van der Waals surface area (Å²) in [4.78, 5) is 14.7. The van der Waals surface area contributed by atoms with Crippen LogP contribution in [0.25, 0.3) is 0 Å². The molecule has 0 bridgehead atoms. The van der Waals surface area contributed by atoms with E-state index in [1.807, 2.05) is 0 Å². The van der Waals surface area contributed by atoms with E-state index in [1.54, 1.807) is 4.90 Å². The van der Waals surface area contributed by atoms with Crippen molar-refractivity contribution in [3.63, 3.8) is 0 Å². The molecular formula is C20H21Cl3N2O4S. The number of sulfonamides is 1. The maximum Gasteiger partial charge on any atom is 0.261 e. The van der Waals surface area contributed by atoms with E-state index >= 15 is 0 Å². The Kier molecular flexibility index (Phi) is 7.39. The van der Waals surface area contributed by atoms with E-state index in [9.17, 15) is 13.2 Å². The molecule has 0 spiro atoms. The van der Waals surface area contributed by atoms with Gasteiger partial charge in [-0.1, -0.05) is 47.6 Å². The second-order valence-electron chi connectivity index (χ2n) is 6.92. The molecule has 6 nitrogen and oxygen atoms in total. The average Bonchev–Trinajstić information content (AvgIpc) is 3.00. The molecule has 1 N–H and O–H groups in total. The molecule has 3 rings (SSSR count). The molecule has 10 heteroatoms. The molecule has 30 heavy (non-hydrogen) atoms. The third kappa shape index (κ3) is 5.14. The van der Waals surface area contributed by atoms with Crippen molar-refractivity contribution in [3.05, 3.63) is 51.0 Å². The molecule has 1 aliphatic rings. The molecule has 0 aromatic heterocycles. The number of methoxy groups -OCH3 is 1. The molecule has 0 radical (unpaired) electrons.